The van der Waals surface area contributed by atoms with Crippen LogP contribution in [0.15, 0.2) is 48.8 Å². The molecule has 0 aliphatic rings. The number of aromatic nitrogens is 5. The Hall–Kier alpha value is -4.01. The zero-order valence-corrected chi connectivity index (χ0v) is 19.5. The molecule has 0 radical (unpaired) electrons. The van der Waals surface area contributed by atoms with Crippen LogP contribution in [0.25, 0.3) is 22.6 Å². The number of hydrogen-bond acceptors (Lipinski definition) is 6. The van der Waals surface area contributed by atoms with E-state index in [9.17, 15) is 9.59 Å². The molecule has 0 spiro atoms. The lowest BCUT2D eigenvalue weighted by Gasteiger charge is -2.23. The number of anilines is 1. The quantitative estimate of drug-likeness (QED) is 0.430. The van der Waals surface area contributed by atoms with Crippen molar-refractivity contribution in [1.29, 1.82) is 0 Å². The molecule has 1 amide bonds. The van der Waals surface area contributed by atoms with Gasteiger partial charge in [0.2, 0.25) is 0 Å². The van der Waals surface area contributed by atoms with Crippen molar-refractivity contribution in [2.24, 2.45) is 0 Å². The van der Waals surface area contributed by atoms with Gasteiger partial charge in [-0.05, 0) is 58.9 Å². The van der Waals surface area contributed by atoms with Gasteiger partial charge in [-0.25, -0.2) is 19.0 Å². The fourth-order valence-electron chi connectivity index (χ4n) is 3.39. The van der Waals surface area contributed by atoms with Crippen LogP contribution in [0.1, 0.15) is 43.7 Å². The average molecular weight is 447 g/mol. The van der Waals surface area contributed by atoms with Crippen molar-refractivity contribution >= 4 is 23.2 Å². The van der Waals surface area contributed by atoms with Crippen LogP contribution in [0.2, 0.25) is 0 Å². The SMILES string of the molecule is CC(=O)c1cnn2ccc(-c3cc(N(C)C(=O)OC(C)(C)C)nn3-c3cccc(C)n3)cc12. The lowest BCUT2D eigenvalue weighted by Crippen LogP contribution is -2.34. The highest BCUT2D eigenvalue weighted by molar-refractivity contribution is 6.01. The maximum atomic E-state index is 12.7. The summed E-state index contributed by atoms with van der Waals surface area (Å²) in [7, 11) is 1.61. The number of fused-ring (bicyclic) bond motifs is 1. The van der Waals surface area contributed by atoms with Crippen LogP contribution < -0.4 is 4.90 Å². The number of ether oxygens (including phenoxy) is 1. The maximum Gasteiger partial charge on any atom is 0.415 e. The van der Waals surface area contributed by atoms with Crippen molar-refractivity contribution in [3.63, 3.8) is 0 Å². The monoisotopic (exact) mass is 446 g/mol. The molecule has 0 atom stereocenters. The van der Waals surface area contributed by atoms with E-state index in [4.69, 9.17) is 4.74 Å². The molecule has 4 heterocycles. The number of amides is 1. The first kappa shape index (κ1) is 22.2. The van der Waals surface area contributed by atoms with E-state index in [-0.39, 0.29) is 5.78 Å². The molecule has 0 N–H and O–H groups in total. The topological polar surface area (TPSA) is 94.6 Å². The van der Waals surface area contributed by atoms with Gasteiger partial charge in [0.25, 0.3) is 0 Å². The summed E-state index contributed by atoms with van der Waals surface area (Å²) in [6.07, 6.45) is 2.83. The van der Waals surface area contributed by atoms with Crippen LogP contribution in [-0.4, -0.2) is 48.9 Å². The molecular formula is C24H26N6O3. The summed E-state index contributed by atoms with van der Waals surface area (Å²) in [6, 6.07) is 11.2. The smallest absolute Gasteiger partial charge is 0.415 e. The molecule has 0 unspecified atom stereocenters. The Morgan fingerprint density at radius 3 is 2.55 bits per heavy atom. The Morgan fingerprint density at radius 1 is 1.12 bits per heavy atom. The summed E-state index contributed by atoms with van der Waals surface area (Å²) < 4.78 is 8.83. The van der Waals surface area contributed by atoms with Gasteiger partial charge in [0.1, 0.15) is 5.60 Å². The van der Waals surface area contributed by atoms with E-state index in [1.54, 1.807) is 34.7 Å². The number of aryl methyl sites for hydroxylation is 1. The molecule has 9 heteroatoms. The van der Waals surface area contributed by atoms with E-state index in [1.807, 2.05) is 58.0 Å². The third-order valence-corrected chi connectivity index (χ3v) is 4.99. The van der Waals surface area contributed by atoms with Gasteiger partial charge in [-0.2, -0.15) is 5.10 Å². The largest absolute Gasteiger partial charge is 0.443 e. The second kappa shape index (κ2) is 8.16. The third-order valence-electron chi connectivity index (χ3n) is 4.99. The number of carbonyl (C=O) groups excluding carboxylic acids is 2. The number of nitrogens with zero attached hydrogens (tertiary/aromatic N) is 6. The number of Topliss-reactive ketones (excluding diaryl/α,β-unsaturated/α-hetero) is 1. The average Bonchev–Trinajstić information content (AvgIpc) is 3.36. The van der Waals surface area contributed by atoms with E-state index >= 15 is 0 Å². The van der Waals surface area contributed by atoms with Crippen LogP contribution in [0.5, 0.6) is 0 Å². The molecule has 4 rings (SSSR count). The molecule has 0 aliphatic carbocycles. The van der Waals surface area contributed by atoms with Gasteiger partial charge in [-0.1, -0.05) is 6.07 Å². The van der Waals surface area contributed by atoms with Crippen molar-refractivity contribution in [3.8, 4) is 17.1 Å². The van der Waals surface area contributed by atoms with E-state index in [1.165, 1.54) is 11.8 Å². The molecule has 0 saturated carbocycles. The molecule has 33 heavy (non-hydrogen) atoms. The Bertz CT molecular complexity index is 1360. The third kappa shape index (κ3) is 4.48. The molecule has 0 bridgehead atoms. The minimum absolute atomic E-state index is 0.0682. The highest BCUT2D eigenvalue weighted by atomic mass is 16.6. The number of hydrogen-bond donors (Lipinski definition) is 0. The molecule has 0 aliphatic heterocycles. The lowest BCUT2D eigenvalue weighted by atomic mass is 10.1. The summed E-state index contributed by atoms with van der Waals surface area (Å²) >= 11 is 0. The number of carbonyl (C=O) groups is 2. The normalized spacial score (nSPS) is 11.6. The summed E-state index contributed by atoms with van der Waals surface area (Å²) in [4.78, 5) is 30.7. The second-order valence-corrected chi connectivity index (χ2v) is 8.84. The van der Waals surface area contributed by atoms with Crippen molar-refractivity contribution in [2.75, 3.05) is 11.9 Å². The van der Waals surface area contributed by atoms with Gasteiger partial charge >= 0.3 is 6.09 Å². The van der Waals surface area contributed by atoms with Gasteiger partial charge in [-0.15, -0.1) is 5.10 Å². The predicted molar refractivity (Wildman–Crippen MR) is 125 cm³/mol. The first-order valence-corrected chi connectivity index (χ1v) is 10.5. The summed E-state index contributed by atoms with van der Waals surface area (Å²) in [5.41, 5.74) is 2.92. The van der Waals surface area contributed by atoms with Crippen LogP contribution in [0.4, 0.5) is 10.6 Å². The van der Waals surface area contributed by atoms with Gasteiger partial charge in [0.15, 0.2) is 17.4 Å². The van der Waals surface area contributed by atoms with Gasteiger partial charge in [0.05, 0.1) is 23.0 Å². The van der Waals surface area contributed by atoms with Crippen LogP contribution in [0, 0.1) is 6.92 Å². The zero-order chi connectivity index (χ0) is 23.9. The van der Waals surface area contributed by atoms with Crippen molar-refractivity contribution in [1.82, 2.24) is 24.4 Å². The fourth-order valence-corrected chi connectivity index (χ4v) is 3.39. The summed E-state index contributed by atoms with van der Waals surface area (Å²) in [6.45, 7) is 8.85. The molecule has 170 valence electrons. The fraction of sp³-hybridized carbons (Fsp3) is 0.292. The molecule has 0 aromatic carbocycles. The highest BCUT2D eigenvalue weighted by Gasteiger charge is 2.24. The minimum atomic E-state index is -0.634. The number of rotatable bonds is 4. The van der Waals surface area contributed by atoms with Crippen molar-refractivity contribution < 1.29 is 14.3 Å². The van der Waals surface area contributed by atoms with Crippen molar-refractivity contribution in [3.05, 3.63) is 60.0 Å². The van der Waals surface area contributed by atoms with Crippen molar-refractivity contribution in [2.45, 2.75) is 40.2 Å². The van der Waals surface area contributed by atoms with Crippen LogP contribution >= 0.6 is 0 Å². The van der Waals surface area contributed by atoms with Crippen LogP contribution in [-0.2, 0) is 4.74 Å². The maximum absolute atomic E-state index is 12.7. The van der Waals surface area contributed by atoms with E-state index in [2.05, 4.69) is 15.2 Å². The summed E-state index contributed by atoms with van der Waals surface area (Å²) in [5.74, 6) is 0.943. The molecule has 0 saturated heterocycles. The lowest BCUT2D eigenvalue weighted by molar-refractivity contribution is 0.0588. The molecule has 9 nitrogen and oxygen atoms in total. The number of pyridine rings is 2. The van der Waals surface area contributed by atoms with Gasteiger partial charge in [-0.3, -0.25) is 9.69 Å². The molecular weight excluding hydrogens is 420 g/mol. The van der Waals surface area contributed by atoms with Gasteiger partial charge < -0.3 is 4.74 Å². The zero-order valence-electron chi connectivity index (χ0n) is 19.5. The van der Waals surface area contributed by atoms with Gasteiger partial charge in [0, 0.05) is 30.6 Å². The number of ketones is 1. The Labute approximate surface area is 191 Å². The first-order valence-electron chi connectivity index (χ1n) is 10.5. The Morgan fingerprint density at radius 2 is 1.88 bits per heavy atom. The molecule has 4 aromatic heterocycles. The highest BCUT2D eigenvalue weighted by Crippen LogP contribution is 2.29. The molecule has 4 aromatic rings. The second-order valence-electron chi connectivity index (χ2n) is 8.84. The Kier molecular flexibility index (Phi) is 5.49. The molecule has 0 fully saturated rings. The first-order chi connectivity index (χ1) is 15.5. The minimum Gasteiger partial charge on any atom is -0.443 e. The van der Waals surface area contributed by atoms with E-state index in [0.29, 0.717) is 28.4 Å². The van der Waals surface area contributed by atoms with Crippen LogP contribution in [0.3, 0.4) is 0 Å². The Balaban J connectivity index is 1.86. The predicted octanol–water partition coefficient (Wildman–Crippen LogP) is 4.46. The van der Waals surface area contributed by atoms with E-state index in [0.717, 1.165) is 11.3 Å². The van der Waals surface area contributed by atoms with E-state index < -0.39 is 11.7 Å². The standard InChI is InChI=1S/C24H26N6O3/c1-15-8-7-9-21(26-15)30-19(13-22(27-30)28(6)23(32)33-24(3,4)5)17-10-11-29-20(12-17)18(14-25-29)16(2)31/h7-14H,1-6H3. The summed E-state index contributed by atoms with van der Waals surface area (Å²) in [5, 5.41) is 8.91.